The van der Waals surface area contributed by atoms with Crippen LogP contribution in [0.3, 0.4) is 0 Å². The van der Waals surface area contributed by atoms with E-state index >= 15 is 0 Å². The molecule has 0 aliphatic rings. The number of non-ortho nitro benzene ring substituents is 1. The van der Waals surface area contributed by atoms with Crippen LogP contribution < -0.4 is 15.4 Å². The van der Waals surface area contributed by atoms with Crippen molar-refractivity contribution in [1.82, 2.24) is 10.6 Å². The molecule has 1 aromatic carbocycles. The zero-order valence-electron chi connectivity index (χ0n) is 12.5. The molecule has 0 unspecified atom stereocenters. The maximum Gasteiger partial charge on any atom is 0.412 e. The molecule has 0 bridgehead atoms. The molecule has 0 heterocycles. The number of nitrogens with zero attached hydrogens (tertiary/aromatic N) is 1. The molecule has 0 radical (unpaired) electrons. The summed E-state index contributed by atoms with van der Waals surface area (Å²) >= 11 is 0. The average molecular weight is 325 g/mol. The monoisotopic (exact) mass is 325 g/mol. The van der Waals surface area contributed by atoms with Gasteiger partial charge in [0.15, 0.2) is 0 Å². The molecule has 126 valence electrons. The first kappa shape index (κ1) is 18.2. The zero-order valence-corrected chi connectivity index (χ0v) is 12.5. The number of rotatable bonds is 9. The molecule has 23 heavy (non-hydrogen) atoms. The maximum atomic E-state index is 11.5. The second-order valence-corrected chi connectivity index (χ2v) is 4.71. The van der Waals surface area contributed by atoms with Gasteiger partial charge in [-0.25, -0.2) is 9.59 Å². The Labute approximate surface area is 132 Å². The van der Waals surface area contributed by atoms with Crippen molar-refractivity contribution in [2.24, 2.45) is 0 Å². The molecule has 0 fully saturated rings. The number of carbonyl (C=O) groups is 2. The summed E-state index contributed by atoms with van der Waals surface area (Å²) in [5.74, 6) is 0.229. The molecular weight excluding hydrogens is 306 g/mol. The van der Waals surface area contributed by atoms with E-state index in [4.69, 9.17) is 9.84 Å². The van der Waals surface area contributed by atoms with Crippen molar-refractivity contribution in [2.75, 3.05) is 13.1 Å². The minimum atomic E-state index is -1.03. The number of carbonyl (C=O) groups excluding carboxylic acids is 1. The summed E-state index contributed by atoms with van der Waals surface area (Å²) in [7, 11) is 0. The number of carboxylic acid groups (broad SMARTS) is 1. The smallest absolute Gasteiger partial charge is 0.412 e. The van der Waals surface area contributed by atoms with Crippen molar-refractivity contribution in [3.05, 3.63) is 34.4 Å². The van der Waals surface area contributed by atoms with Crippen LogP contribution >= 0.6 is 0 Å². The van der Waals surface area contributed by atoms with E-state index in [2.05, 4.69) is 10.6 Å². The number of unbranched alkanes of at least 4 members (excludes halogenated alkanes) is 3. The van der Waals surface area contributed by atoms with Crippen LogP contribution in [0.4, 0.5) is 15.3 Å². The van der Waals surface area contributed by atoms with E-state index in [0.29, 0.717) is 13.1 Å². The number of amides is 2. The summed E-state index contributed by atoms with van der Waals surface area (Å²) in [6, 6.07) is 5.22. The van der Waals surface area contributed by atoms with Gasteiger partial charge in [0.25, 0.3) is 5.69 Å². The van der Waals surface area contributed by atoms with Gasteiger partial charge in [-0.1, -0.05) is 12.8 Å². The number of hydrogen-bond acceptors (Lipinski definition) is 5. The molecule has 0 aliphatic carbocycles. The Morgan fingerprint density at radius 1 is 1.04 bits per heavy atom. The largest absolute Gasteiger partial charge is 0.465 e. The normalized spacial score (nSPS) is 9.91. The molecule has 0 aliphatic heterocycles. The number of nitrogens with one attached hydrogen (secondary N) is 2. The van der Waals surface area contributed by atoms with Crippen LogP contribution in [0.25, 0.3) is 0 Å². The number of benzene rings is 1. The predicted octanol–water partition coefficient (Wildman–Crippen LogP) is 2.51. The van der Waals surface area contributed by atoms with E-state index in [-0.39, 0.29) is 11.4 Å². The third-order valence-corrected chi connectivity index (χ3v) is 2.91. The van der Waals surface area contributed by atoms with E-state index in [1.807, 2.05) is 0 Å². The Bertz CT molecular complexity index is 532. The van der Waals surface area contributed by atoms with Crippen molar-refractivity contribution < 1.29 is 24.4 Å². The van der Waals surface area contributed by atoms with Gasteiger partial charge in [-0.3, -0.25) is 10.1 Å². The van der Waals surface area contributed by atoms with Crippen LogP contribution in [-0.2, 0) is 0 Å². The molecule has 0 spiro atoms. The molecule has 0 atom stereocenters. The van der Waals surface area contributed by atoms with Crippen LogP contribution in [-0.4, -0.2) is 35.3 Å². The Balaban J connectivity index is 2.10. The van der Waals surface area contributed by atoms with Gasteiger partial charge in [0.1, 0.15) is 5.75 Å². The topological polar surface area (TPSA) is 131 Å². The average Bonchev–Trinajstić information content (AvgIpc) is 2.50. The van der Waals surface area contributed by atoms with Crippen LogP contribution in [0.15, 0.2) is 24.3 Å². The lowest BCUT2D eigenvalue weighted by Gasteiger charge is -2.06. The molecule has 2 amide bonds. The fraction of sp³-hybridized carbons (Fsp3) is 0.429. The minimum absolute atomic E-state index is 0.0739. The van der Waals surface area contributed by atoms with Crippen LogP contribution in [0.1, 0.15) is 25.7 Å². The van der Waals surface area contributed by atoms with Crippen LogP contribution in [0.5, 0.6) is 5.75 Å². The highest BCUT2D eigenvalue weighted by atomic mass is 16.6. The quantitative estimate of drug-likeness (QED) is 0.363. The summed E-state index contributed by atoms with van der Waals surface area (Å²) in [6.45, 7) is 0.864. The Kier molecular flexibility index (Phi) is 7.90. The second-order valence-electron chi connectivity index (χ2n) is 4.71. The second kappa shape index (κ2) is 9.98. The van der Waals surface area contributed by atoms with E-state index in [1.165, 1.54) is 24.3 Å². The van der Waals surface area contributed by atoms with Crippen LogP contribution in [0.2, 0.25) is 0 Å². The van der Waals surface area contributed by atoms with Crippen molar-refractivity contribution in [2.45, 2.75) is 25.7 Å². The summed E-state index contributed by atoms with van der Waals surface area (Å²) in [6.07, 6.45) is 1.58. The first-order valence-electron chi connectivity index (χ1n) is 7.16. The maximum absolute atomic E-state index is 11.5. The summed E-state index contributed by atoms with van der Waals surface area (Å²) < 4.78 is 4.97. The number of nitro benzene ring substituents is 1. The fourth-order valence-electron chi connectivity index (χ4n) is 1.77. The van der Waals surface area contributed by atoms with Gasteiger partial charge >= 0.3 is 12.2 Å². The highest BCUT2D eigenvalue weighted by Crippen LogP contribution is 2.17. The van der Waals surface area contributed by atoms with Gasteiger partial charge in [-0.05, 0) is 25.0 Å². The SMILES string of the molecule is O=C(O)NCCCCCCNC(=O)Oc1ccc([N+](=O)[O-])cc1. The summed E-state index contributed by atoms with van der Waals surface area (Å²) in [4.78, 5) is 31.7. The van der Waals surface area contributed by atoms with E-state index in [9.17, 15) is 19.7 Å². The standard InChI is InChI=1S/C14H19N3O6/c18-13(19)15-9-3-1-2-4-10-16-14(20)23-12-7-5-11(6-8-12)17(21)22/h5-8,15H,1-4,9-10H2,(H,16,20)(H,18,19). The molecule has 1 aromatic rings. The summed E-state index contributed by atoms with van der Waals surface area (Å²) in [5.41, 5.74) is -0.0739. The van der Waals surface area contributed by atoms with E-state index in [0.717, 1.165) is 25.7 Å². The number of ether oxygens (including phenoxy) is 1. The molecule has 3 N–H and O–H groups in total. The van der Waals surface area contributed by atoms with Gasteiger partial charge in [-0.15, -0.1) is 0 Å². The number of hydrogen-bond donors (Lipinski definition) is 3. The van der Waals surface area contributed by atoms with Gasteiger partial charge in [0.2, 0.25) is 0 Å². The molecule has 0 aromatic heterocycles. The van der Waals surface area contributed by atoms with Crippen molar-refractivity contribution >= 4 is 17.9 Å². The van der Waals surface area contributed by atoms with Crippen molar-refractivity contribution in [3.63, 3.8) is 0 Å². The zero-order chi connectivity index (χ0) is 17.1. The molecule has 1 rings (SSSR count). The van der Waals surface area contributed by atoms with E-state index in [1.54, 1.807) is 0 Å². The first-order chi connectivity index (χ1) is 11.0. The van der Waals surface area contributed by atoms with Crippen LogP contribution in [0, 0.1) is 10.1 Å². The van der Waals surface area contributed by atoms with Crippen molar-refractivity contribution in [3.8, 4) is 5.75 Å². The van der Waals surface area contributed by atoms with Gasteiger partial charge < -0.3 is 20.5 Å². The molecule has 9 nitrogen and oxygen atoms in total. The third kappa shape index (κ3) is 8.24. The lowest BCUT2D eigenvalue weighted by atomic mass is 10.2. The van der Waals surface area contributed by atoms with Gasteiger partial charge in [-0.2, -0.15) is 0 Å². The van der Waals surface area contributed by atoms with E-state index < -0.39 is 17.1 Å². The predicted molar refractivity (Wildman–Crippen MR) is 81.6 cm³/mol. The lowest BCUT2D eigenvalue weighted by molar-refractivity contribution is -0.384. The van der Waals surface area contributed by atoms with Gasteiger partial charge in [0.05, 0.1) is 4.92 Å². The first-order valence-corrected chi connectivity index (χ1v) is 7.16. The fourth-order valence-corrected chi connectivity index (χ4v) is 1.77. The lowest BCUT2D eigenvalue weighted by Crippen LogP contribution is -2.27. The molecular formula is C14H19N3O6. The van der Waals surface area contributed by atoms with Crippen molar-refractivity contribution in [1.29, 1.82) is 0 Å². The number of nitro groups is 1. The minimum Gasteiger partial charge on any atom is -0.465 e. The Morgan fingerprint density at radius 3 is 2.13 bits per heavy atom. The molecule has 0 saturated heterocycles. The molecule has 0 saturated carbocycles. The highest BCUT2D eigenvalue weighted by Gasteiger charge is 2.07. The summed E-state index contributed by atoms with van der Waals surface area (Å²) in [5, 5.41) is 23.7. The van der Waals surface area contributed by atoms with Gasteiger partial charge in [0, 0.05) is 25.2 Å². The Hall–Kier alpha value is -2.84. The third-order valence-electron chi connectivity index (χ3n) is 2.91. The Morgan fingerprint density at radius 2 is 1.61 bits per heavy atom. The highest BCUT2D eigenvalue weighted by molar-refractivity contribution is 5.70. The molecule has 9 heteroatoms.